The molecule has 3 rings (SSSR count). The summed E-state index contributed by atoms with van der Waals surface area (Å²) in [5, 5.41) is 8.22. The van der Waals surface area contributed by atoms with Crippen molar-refractivity contribution in [1.29, 1.82) is 0 Å². The normalized spacial score (nSPS) is 11.7. The minimum absolute atomic E-state index is 0.0266. The summed E-state index contributed by atoms with van der Waals surface area (Å²) >= 11 is 6.06. The topological polar surface area (TPSA) is 81.8 Å². The third-order valence-corrected chi connectivity index (χ3v) is 5.21. The maximum atomic E-state index is 13.7. The molecule has 0 aliphatic heterocycles. The van der Waals surface area contributed by atoms with E-state index in [4.69, 9.17) is 11.6 Å². The Kier molecular flexibility index (Phi) is 4.53. The Morgan fingerprint density at radius 3 is 2.60 bits per heavy atom. The highest BCUT2D eigenvalue weighted by Crippen LogP contribution is 2.24. The Morgan fingerprint density at radius 1 is 1.24 bits per heavy atom. The molecule has 0 atom stereocenters. The van der Waals surface area contributed by atoms with Crippen LogP contribution in [0.3, 0.4) is 0 Å². The van der Waals surface area contributed by atoms with Crippen LogP contribution in [0.4, 0.5) is 10.2 Å². The molecule has 0 aliphatic carbocycles. The summed E-state index contributed by atoms with van der Waals surface area (Å²) in [5.74, 6) is -0.400. The zero-order chi connectivity index (χ0) is 18.2. The van der Waals surface area contributed by atoms with Crippen LogP contribution in [0.1, 0.15) is 11.3 Å². The van der Waals surface area contributed by atoms with Gasteiger partial charge < -0.3 is 0 Å². The number of hydrogen-bond donors (Lipinski definition) is 1. The van der Waals surface area contributed by atoms with Crippen molar-refractivity contribution in [1.82, 2.24) is 19.6 Å². The van der Waals surface area contributed by atoms with E-state index < -0.39 is 10.0 Å². The number of benzene rings is 1. The van der Waals surface area contributed by atoms with E-state index in [0.717, 1.165) is 0 Å². The molecule has 0 amide bonds. The van der Waals surface area contributed by atoms with Gasteiger partial charge in [-0.15, -0.1) is 0 Å². The standard InChI is InChI=1S/C15H15ClFN5O2S/c1-10-14(9-21(2)18-10)25(23,24)20-15-12(16)8-22(19-15)7-11-5-3-4-6-13(11)17/h3-6,8-9H,7H2,1-2H3,(H,19,20). The summed E-state index contributed by atoms with van der Waals surface area (Å²) in [5.41, 5.74) is 0.774. The average molecular weight is 384 g/mol. The summed E-state index contributed by atoms with van der Waals surface area (Å²) < 4.78 is 43.8. The van der Waals surface area contributed by atoms with Gasteiger partial charge in [-0.1, -0.05) is 29.8 Å². The Hall–Kier alpha value is -2.39. The number of nitrogens with one attached hydrogen (secondary N) is 1. The van der Waals surface area contributed by atoms with Gasteiger partial charge in [-0.2, -0.15) is 10.2 Å². The van der Waals surface area contributed by atoms with Crippen LogP contribution in [0.2, 0.25) is 5.02 Å². The number of anilines is 1. The molecule has 0 fully saturated rings. The molecule has 0 saturated heterocycles. The molecule has 0 unspecified atom stereocenters. The van der Waals surface area contributed by atoms with Crippen molar-refractivity contribution >= 4 is 27.4 Å². The lowest BCUT2D eigenvalue weighted by atomic mass is 10.2. The predicted molar refractivity (Wildman–Crippen MR) is 91.5 cm³/mol. The zero-order valence-corrected chi connectivity index (χ0v) is 15.0. The highest BCUT2D eigenvalue weighted by molar-refractivity contribution is 7.92. The fourth-order valence-corrected chi connectivity index (χ4v) is 3.86. The lowest BCUT2D eigenvalue weighted by Crippen LogP contribution is -2.14. The van der Waals surface area contributed by atoms with E-state index in [1.165, 1.54) is 27.8 Å². The van der Waals surface area contributed by atoms with Gasteiger partial charge in [-0.3, -0.25) is 14.1 Å². The van der Waals surface area contributed by atoms with E-state index in [-0.39, 0.29) is 28.1 Å². The van der Waals surface area contributed by atoms with E-state index >= 15 is 0 Å². The highest BCUT2D eigenvalue weighted by Gasteiger charge is 2.22. The zero-order valence-electron chi connectivity index (χ0n) is 13.4. The van der Waals surface area contributed by atoms with E-state index in [1.54, 1.807) is 32.2 Å². The Bertz CT molecular complexity index is 1030. The fourth-order valence-electron chi connectivity index (χ4n) is 2.37. The number of aryl methyl sites for hydroxylation is 2. The van der Waals surface area contributed by atoms with Gasteiger partial charge in [0.05, 0.1) is 12.2 Å². The first-order valence-corrected chi connectivity index (χ1v) is 9.12. The van der Waals surface area contributed by atoms with Crippen LogP contribution in [0.15, 0.2) is 41.6 Å². The SMILES string of the molecule is Cc1nn(C)cc1S(=O)(=O)Nc1nn(Cc2ccccc2F)cc1Cl. The Balaban J connectivity index is 1.86. The van der Waals surface area contributed by atoms with Crippen molar-refractivity contribution in [3.05, 3.63) is 58.8 Å². The van der Waals surface area contributed by atoms with Crippen molar-refractivity contribution in [2.75, 3.05) is 4.72 Å². The molecule has 0 radical (unpaired) electrons. The minimum Gasteiger partial charge on any atom is -0.274 e. The third kappa shape index (κ3) is 3.67. The van der Waals surface area contributed by atoms with Crippen molar-refractivity contribution < 1.29 is 12.8 Å². The van der Waals surface area contributed by atoms with E-state index in [2.05, 4.69) is 14.9 Å². The molecule has 7 nitrogen and oxygen atoms in total. The molecule has 10 heteroatoms. The first-order valence-electron chi connectivity index (χ1n) is 7.25. The van der Waals surface area contributed by atoms with Gasteiger partial charge in [0.15, 0.2) is 5.82 Å². The first kappa shape index (κ1) is 17.4. The lowest BCUT2D eigenvalue weighted by Gasteiger charge is -2.05. The van der Waals surface area contributed by atoms with Gasteiger partial charge in [-0.25, -0.2) is 12.8 Å². The number of rotatable bonds is 5. The molecule has 0 bridgehead atoms. The van der Waals surface area contributed by atoms with Crippen molar-refractivity contribution in [2.45, 2.75) is 18.4 Å². The number of nitrogens with zero attached hydrogens (tertiary/aromatic N) is 4. The van der Waals surface area contributed by atoms with Crippen molar-refractivity contribution in [3.8, 4) is 0 Å². The number of sulfonamides is 1. The molecular weight excluding hydrogens is 369 g/mol. The largest absolute Gasteiger partial charge is 0.274 e. The molecule has 1 N–H and O–H groups in total. The van der Waals surface area contributed by atoms with Gasteiger partial charge in [0.1, 0.15) is 15.7 Å². The fraction of sp³-hybridized carbons (Fsp3) is 0.200. The van der Waals surface area contributed by atoms with Crippen molar-refractivity contribution in [2.24, 2.45) is 7.05 Å². The molecule has 0 aliphatic rings. The molecule has 0 saturated carbocycles. The average Bonchev–Trinajstić information content (AvgIpc) is 3.04. The number of halogens is 2. The summed E-state index contributed by atoms with van der Waals surface area (Å²) in [6, 6.07) is 6.26. The van der Waals surface area contributed by atoms with Crippen LogP contribution in [0.5, 0.6) is 0 Å². The minimum atomic E-state index is -3.88. The monoisotopic (exact) mass is 383 g/mol. The number of aromatic nitrogens is 4. The predicted octanol–water partition coefficient (Wildman–Crippen LogP) is 2.57. The van der Waals surface area contributed by atoms with Gasteiger partial charge in [0, 0.05) is 25.0 Å². The smallest absolute Gasteiger partial charge is 0.266 e. The summed E-state index contributed by atoms with van der Waals surface area (Å²) in [6.07, 6.45) is 2.82. The maximum Gasteiger partial charge on any atom is 0.266 e. The second-order valence-corrected chi connectivity index (χ2v) is 7.53. The van der Waals surface area contributed by atoms with Gasteiger partial charge in [0.2, 0.25) is 0 Å². The van der Waals surface area contributed by atoms with Crippen LogP contribution in [-0.2, 0) is 23.6 Å². The van der Waals surface area contributed by atoms with Gasteiger partial charge in [-0.05, 0) is 13.0 Å². The summed E-state index contributed by atoms with van der Waals surface area (Å²) in [7, 11) is -2.25. The lowest BCUT2D eigenvalue weighted by molar-refractivity contribution is 0.585. The molecule has 2 heterocycles. The van der Waals surface area contributed by atoms with Crippen LogP contribution in [-0.4, -0.2) is 28.0 Å². The van der Waals surface area contributed by atoms with Gasteiger partial charge >= 0.3 is 0 Å². The number of hydrogen-bond acceptors (Lipinski definition) is 4. The molecule has 132 valence electrons. The van der Waals surface area contributed by atoms with Crippen molar-refractivity contribution in [3.63, 3.8) is 0 Å². The van der Waals surface area contributed by atoms with Crippen LogP contribution in [0.25, 0.3) is 0 Å². The van der Waals surface area contributed by atoms with E-state index in [9.17, 15) is 12.8 Å². The maximum absolute atomic E-state index is 13.7. The molecule has 2 aromatic heterocycles. The van der Waals surface area contributed by atoms with E-state index in [1.807, 2.05) is 0 Å². The molecule has 1 aromatic carbocycles. The highest BCUT2D eigenvalue weighted by atomic mass is 35.5. The van der Waals surface area contributed by atoms with Gasteiger partial charge in [0.25, 0.3) is 10.0 Å². The van der Waals surface area contributed by atoms with Crippen LogP contribution < -0.4 is 4.72 Å². The third-order valence-electron chi connectivity index (χ3n) is 3.50. The summed E-state index contributed by atoms with van der Waals surface area (Å²) in [4.78, 5) is 0.0368. The Labute approximate surface area is 149 Å². The first-order chi connectivity index (χ1) is 11.8. The second kappa shape index (κ2) is 6.49. The molecule has 0 spiro atoms. The molecular formula is C15H15ClFN5O2S. The molecule has 25 heavy (non-hydrogen) atoms. The second-order valence-electron chi connectivity index (χ2n) is 5.47. The molecule has 3 aromatic rings. The summed E-state index contributed by atoms with van der Waals surface area (Å²) in [6.45, 7) is 1.72. The van der Waals surface area contributed by atoms with Crippen LogP contribution in [0, 0.1) is 12.7 Å². The quantitative estimate of drug-likeness (QED) is 0.734. The van der Waals surface area contributed by atoms with Crippen LogP contribution >= 0.6 is 11.6 Å². The Morgan fingerprint density at radius 2 is 1.96 bits per heavy atom. The van der Waals surface area contributed by atoms with E-state index in [0.29, 0.717) is 11.3 Å².